The van der Waals surface area contributed by atoms with Crippen molar-refractivity contribution in [1.82, 2.24) is 0 Å². The first-order valence-corrected chi connectivity index (χ1v) is 6.34. The first-order valence-electron chi connectivity index (χ1n) is 5.96. The van der Waals surface area contributed by atoms with Gasteiger partial charge in [0, 0.05) is 5.56 Å². The van der Waals surface area contributed by atoms with Crippen molar-refractivity contribution in [2.75, 3.05) is 13.2 Å². The molecule has 5 nitrogen and oxygen atoms in total. The molecule has 1 aromatic carbocycles. The van der Waals surface area contributed by atoms with Gasteiger partial charge >= 0.3 is 5.97 Å². The fraction of sp³-hybridized carbons (Fsp3) is 0.462. The summed E-state index contributed by atoms with van der Waals surface area (Å²) in [7, 11) is 0. The summed E-state index contributed by atoms with van der Waals surface area (Å²) >= 11 is 6.27. The van der Waals surface area contributed by atoms with Gasteiger partial charge in [-0.2, -0.15) is 0 Å². The van der Waals surface area contributed by atoms with Gasteiger partial charge < -0.3 is 19.7 Å². The molecule has 1 aliphatic heterocycles. The molecule has 0 aromatic heterocycles. The fourth-order valence-corrected chi connectivity index (χ4v) is 2.60. The van der Waals surface area contributed by atoms with E-state index >= 15 is 0 Å². The Morgan fingerprint density at radius 3 is 2.58 bits per heavy atom. The number of aliphatic hydroxyl groups is 1. The molecule has 0 amide bonds. The van der Waals surface area contributed by atoms with Crippen molar-refractivity contribution in [3.63, 3.8) is 0 Å². The standard InChI is InChI=1S/C13H15ClO5/c1-6(2)9-7(11(15)13(16)17)5-8-12(10(9)14)19-4-3-18-8/h5-6,11,15H,3-4H2,1-2H3,(H,16,17). The maximum Gasteiger partial charge on any atom is 0.337 e. The molecule has 1 aliphatic rings. The smallest absolute Gasteiger partial charge is 0.337 e. The van der Waals surface area contributed by atoms with Crippen molar-refractivity contribution >= 4 is 17.6 Å². The first kappa shape index (κ1) is 14.0. The average molecular weight is 287 g/mol. The highest BCUT2D eigenvalue weighted by Crippen LogP contribution is 2.45. The summed E-state index contributed by atoms with van der Waals surface area (Å²) in [5.74, 6) is -0.587. The van der Waals surface area contributed by atoms with Gasteiger partial charge in [0.1, 0.15) is 13.2 Å². The van der Waals surface area contributed by atoms with Gasteiger partial charge in [0.25, 0.3) is 0 Å². The number of carboxylic acid groups (broad SMARTS) is 1. The van der Waals surface area contributed by atoms with E-state index in [9.17, 15) is 9.90 Å². The highest BCUT2D eigenvalue weighted by Gasteiger charge is 2.28. The van der Waals surface area contributed by atoms with Gasteiger partial charge in [-0.1, -0.05) is 25.4 Å². The number of carbonyl (C=O) groups is 1. The molecule has 0 bridgehead atoms. The van der Waals surface area contributed by atoms with Crippen LogP contribution in [0.4, 0.5) is 0 Å². The molecule has 0 saturated heterocycles. The van der Waals surface area contributed by atoms with E-state index in [-0.39, 0.29) is 11.5 Å². The van der Waals surface area contributed by atoms with E-state index in [1.165, 1.54) is 6.07 Å². The van der Waals surface area contributed by atoms with Crippen molar-refractivity contribution < 1.29 is 24.5 Å². The number of ether oxygens (including phenoxy) is 2. The van der Waals surface area contributed by atoms with Crippen molar-refractivity contribution in [1.29, 1.82) is 0 Å². The van der Waals surface area contributed by atoms with E-state index in [0.717, 1.165) is 0 Å². The van der Waals surface area contributed by atoms with Crippen molar-refractivity contribution in [2.45, 2.75) is 25.9 Å². The predicted octanol–water partition coefficient (Wildman–Crippen LogP) is 2.35. The average Bonchev–Trinajstić information content (AvgIpc) is 2.37. The molecule has 2 rings (SSSR count). The fourth-order valence-electron chi connectivity index (χ4n) is 2.12. The van der Waals surface area contributed by atoms with Crippen LogP contribution in [-0.2, 0) is 4.79 Å². The summed E-state index contributed by atoms with van der Waals surface area (Å²) in [6.45, 7) is 4.50. The second kappa shape index (κ2) is 5.27. The predicted molar refractivity (Wildman–Crippen MR) is 69.1 cm³/mol. The molecule has 0 spiro atoms. The molecule has 1 unspecified atom stereocenters. The lowest BCUT2D eigenvalue weighted by molar-refractivity contribution is -0.147. The van der Waals surface area contributed by atoms with E-state index in [2.05, 4.69) is 0 Å². The monoisotopic (exact) mass is 286 g/mol. The number of benzene rings is 1. The maximum atomic E-state index is 11.0. The van der Waals surface area contributed by atoms with Gasteiger partial charge in [0.15, 0.2) is 17.6 Å². The van der Waals surface area contributed by atoms with Crippen LogP contribution in [0.25, 0.3) is 0 Å². The Bertz CT molecular complexity index is 512. The van der Waals surface area contributed by atoms with Crippen LogP contribution in [-0.4, -0.2) is 29.4 Å². The van der Waals surface area contributed by atoms with Crippen LogP contribution < -0.4 is 9.47 Å². The Kier molecular flexibility index (Phi) is 3.87. The molecule has 104 valence electrons. The number of halogens is 1. The summed E-state index contributed by atoms with van der Waals surface area (Å²) in [4.78, 5) is 11.0. The van der Waals surface area contributed by atoms with Crippen LogP contribution in [0.5, 0.6) is 11.5 Å². The lowest BCUT2D eigenvalue weighted by Crippen LogP contribution is -2.19. The quantitative estimate of drug-likeness (QED) is 0.892. The van der Waals surface area contributed by atoms with Crippen LogP contribution in [0.3, 0.4) is 0 Å². The van der Waals surface area contributed by atoms with Gasteiger partial charge in [0.2, 0.25) is 0 Å². The van der Waals surface area contributed by atoms with E-state index in [0.29, 0.717) is 35.3 Å². The number of rotatable bonds is 3. The molecule has 2 N–H and O–H groups in total. The van der Waals surface area contributed by atoms with Crippen molar-refractivity contribution in [2.24, 2.45) is 0 Å². The summed E-state index contributed by atoms with van der Waals surface area (Å²) < 4.78 is 10.9. The van der Waals surface area contributed by atoms with Crippen LogP contribution in [0.1, 0.15) is 37.0 Å². The summed E-state index contributed by atoms with van der Waals surface area (Å²) in [5.41, 5.74) is 0.817. The van der Waals surface area contributed by atoms with Crippen molar-refractivity contribution in [3.05, 3.63) is 22.2 Å². The molecule has 6 heteroatoms. The summed E-state index contributed by atoms with van der Waals surface area (Å²) in [6, 6.07) is 1.49. The normalized spacial score (nSPS) is 15.4. The summed E-state index contributed by atoms with van der Waals surface area (Å²) in [6.07, 6.45) is -1.63. The van der Waals surface area contributed by atoms with Crippen LogP contribution in [0.15, 0.2) is 6.07 Å². The third-order valence-corrected chi connectivity index (χ3v) is 3.33. The number of aliphatic carboxylic acids is 1. The second-order valence-electron chi connectivity index (χ2n) is 4.61. The molecule has 0 radical (unpaired) electrons. The van der Waals surface area contributed by atoms with E-state index in [4.69, 9.17) is 26.2 Å². The molecule has 1 aromatic rings. The SMILES string of the molecule is CC(C)c1c(C(O)C(=O)O)cc2c(c1Cl)OCCO2. The van der Waals surface area contributed by atoms with Gasteiger partial charge in [-0.3, -0.25) is 0 Å². The molecule has 0 aliphatic carbocycles. The maximum absolute atomic E-state index is 11.0. The Labute approximate surface area is 115 Å². The van der Waals surface area contributed by atoms with Gasteiger partial charge in [-0.15, -0.1) is 0 Å². The molecule has 1 atom stereocenters. The highest BCUT2D eigenvalue weighted by atomic mass is 35.5. The lowest BCUT2D eigenvalue weighted by Gasteiger charge is -2.25. The molecule has 19 heavy (non-hydrogen) atoms. The molecular weight excluding hydrogens is 272 g/mol. The topological polar surface area (TPSA) is 76.0 Å². The Morgan fingerprint density at radius 2 is 2.00 bits per heavy atom. The van der Waals surface area contributed by atoms with E-state index < -0.39 is 12.1 Å². The minimum absolute atomic E-state index is 0.0488. The van der Waals surface area contributed by atoms with E-state index in [1.54, 1.807) is 0 Å². The number of hydrogen-bond donors (Lipinski definition) is 2. The Balaban J connectivity index is 2.64. The third kappa shape index (κ3) is 2.48. The van der Waals surface area contributed by atoms with E-state index in [1.807, 2.05) is 13.8 Å². The molecule has 1 heterocycles. The number of hydrogen-bond acceptors (Lipinski definition) is 4. The summed E-state index contributed by atoms with van der Waals surface area (Å²) in [5, 5.41) is 19.1. The lowest BCUT2D eigenvalue weighted by atomic mass is 9.93. The van der Waals surface area contributed by atoms with Crippen LogP contribution >= 0.6 is 11.6 Å². The van der Waals surface area contributed by atoms with Crippen LogP contribution in [0, 0.1) is 0 Å². The van der Waals surface area contributed by atoms with Gasteiger partial charge in [-0.05, 0) is 17.5 Å². The highest BCUT2D eigenvalue weighted by molar-refractivity contribution is 6.33. The zero-order valence-electron chi connectivity index (χ0n) is 10.6. The van der Waals surface area contributed by atoms with Gasteiger partial charge in [-0.25, -0.2) is 4.79 Å². The third-order valence-electron chi connectivity index (χ3n) is 2.95. The first-order chi connectivity index (χ1) is 8.93. The Hall–Kier alpha value is -1.46. The zero-order chi connectivity index (χ0) is 14.2. The zero-order valence-corrected chi connectivity index (χ0v) is 11.4. The van der Waals surface area contributed by atoms with Crippen LogP contribution in [0.2, 0.25) is 5.02 Å². The Morgan fingerprint density at radius 1 is 1.37 bits per heavy atom. The molecule has 0 saturated carbocycles. The number of aliphatic hydroxyl groups excluding tert-OH is 1. The molecule has 0 fully saturated rings. The molecular formula is C13H15ClO5. The minimum atomic E-state index is -1.63. The van der Waals surface area contributed by atoms with Gasteiger partial charge in [0.05, 0.1) is 5.02 Å². The largest absolute Gasteiger partial charge is 0.486 e. The second-order valence-corrected chi connectivity index (χ2v) is 4.99. The number of fused-ring (bicyclic) bond motifs is 1. The minimum Gasteiger partial charge on any atom is -0.486 e. The number of carboxylic acids is 1. The van der Waals surface area contributed by atoms with Crippen molar-refractivity contribution in [3.8, 4) is 11.5 Å².